The normalized spacial score (nSPS) is 9.41. The van der Waals surface area contributed by atoms with E-state index in [1.807, 2.05) is 6.07 Å². The number of carbonyl (C=O) groups is 1. The lowest BCUT2D eigenvalue weighted by molar-refractivity contribution is -0.385. The Morgan fingerprint density at radius 1 is 1.59 bits per heavy atom. The Kier molecular flexibility index (Phi) is 4.17. The van der Waals surface area contributed by atoms with Crippen molar-refractivity contribution in [1.29, 1.82) is 5.26 Å². The SMILES string of the molecule is CCOC(=O)Cc1ccc(C#N)cc1[N+](=O)[O-]. The summed E-state index contributed by atoms with van der Waals surface area (Å²) in [6.07, 6.45) is -0.171. The Morgan fingerprint density at radius 2 is 2.29 bits per heavy atom. The van der Waals surface area contributed by atoms with Gasteiger partial charge in [-0.1, -0.05) is 6.07 Å². The standard InChI is InChI=1S/C11H10N2O4/c1-2-17-11(14)6-9-4-3-8(7-12)5-10(9)13(15)16/h3-5H,2,6H2,1H3. The molecule has 0 amide bonds. The van der Waals surface area contributed by atoms with Gasteiger partial charge in [-0.2, -0.15) is 5.26 Å². The number of hydrogen-bond donors (Lipinski definition) is 0. The molecule has 0 spiro atoms. The molecule has 0 radical (unpaired) electrons. The summed E-state index contributed by atoms with van der Waals surface area (Å²) in [4.78, 5) is 21.4. The number of esters is 1. The number of carbonyl (C=O) groups excluding carboxylic acids is 1. The molecular formula is C11H10N2O4. The van der Waals surface area contributed by atoms with Gasteiger partial charge in [-0.3, -0.25) is 14.9 Å². The lowest BCUT2D eigenvalue weighted by atomic mass is 10.1. The van der Waals surface area contributed by atoms with Crippen LogP contribution in [0.25, 0.3) is 0 Å². The molecular weight excluding hydrogens is 224 g/mol. The summed E-state index contributed by atoms with van der Waals surface area (Å²) < 4.78 is 4.71. The van der Waals surface area contributed by atoms with Crippen LogP contribution in [0, 0.1) is 21.4 Å². The molecule has 0 heterocycles. The smallest absolute Gasteiger partial charge is 0.310 e. The Morgan fingerprint density at radius 3 is 2.82 bits per heavy atom. The van der Waals surface area contributed by atoms with Crippen molar-refractivity contribution < 1.29 is 14.5 Å². The van der Waals surface area contributed by atoms with Crippen molar-refractivity contribution in [3.8, 4) is 6.07 Å². The number of ether oxygens (including phenoxy) is 1. The fourth-order valence-corrected chi connectivity index (χ4v) is 1.32. The molecule has 0 N–H and O–H groups in total. The third-order valence-corrected chi connectivity index (χ3v) is 2.05. The maximum Gasteiger partial charge on any atom is 0.310 e. The quantitative estimate of drug-likeness (QED) is 0.447. The minimum atomic E-state index is -0.616. The summed E-state index contributed by atoms with van der Waals surface area (Å²) in [6.45, 7) is 1.88. The topological polar surface area (TPSA) is 93.2 Å². The van der Waals surface area contributed by atoms with Crippen LogP contribution in [0.3, 0.4) is 0 Å². The summed E-state index contributed by atoms with van der Waals surface area (Å²) in [7, 11) is 0. The van der Waals surface area contributed by atoms with E-state index in [1.165, 1.54) is 12.1 Å². The van der Waals surface area contributed by atoms with Crippen LogP contribution in [0.1, 0.15) is 18.1 Å². The van der Waals surface area contributed by atoms with Crippen LogP contribution in [0.15, 0.2) is 18.2 Å². The van der Waals surface area contributed by atoms with Gasteiger partial charge in [0.1, 0.15) is 0 Å². The second-order valence-electron chi connectivity index (χ2n) is 3.19. The fraction of sp³-hybridized carbons (Fsp3) is 0.273. The summed E-state index contributed by atoms with van der Waals surface area (Å²) in [5, 5.41) is 19.4. The van der Waals surface area contributed by atoms with E-state index >= 15 is 0 Å². The first kappa shape index (κ1) is 12.6. The number of nitriles is 1. The van der Waals surface area contributed by atoms with Crippen molar-refractivity contribution in [2.45, 2.75) is 13.3 Å². The molecule has 0 aromatic heterocycles. The minimum absolute atomic E-state index is 0.171. The number of benzene rings is 1. The molecule has 0 saturated carbocycles. The van der Waals surface area contributed by atoms with Gasteiger partial charge in [0.2, 0.25) is 0 Å². The molecule has 6 heteroatoms. The van der Waals surface area contributed by atoms with E-state index in [4.69, 9.17) is 10.00 Å². The van der Waals surface area contributed by atoms with Crippen LogP contribution in [-0.2, 0) is 16.0 Å². The zero-order valence-corrected chi connectivity index (χ0v) is 9.17. The van der Waals surface area contributed by atoms with Crippen LogP contribution in [0.2, 0.25) is 0 Å². The maximum absolute atomic E-state index is 11.2. The molecule has 0 unspecified atom stereocenters. The minimum Gasteiger partial charge on any atom is -0.466 e. The second kappa shape index (κ2) is 5.61. The molecule has 1 aromatic rings. The first-order chi connectivity index (χ1) is 8.08. The number of nitrogens with zero attached hydrogens (tertiary/aromatic N) is 2. The van der Waals surface area contributed by atoms with E-state index in [0.717, 1.165) is 6.07 Å². The molecule has 17 heavy (non-hydrogen) atoms. The van der Waals surface area contributed by atoms with E-state index in [0.29, 0.717) is 0 Å². The summed E-state index contributed by atoms with van der Waals surface area (Å²) in [6, 6.07) is 5.78. The predicted octanol–water partition coefficient (Wildman–Crippen LogP) is 1.57. The van der Waals surface area contributed by atoms with Gasteiger partial charge in [0.25, 0.3) is 5.69 Å². The zero-order chi connectivity index (χ0) is 12.8. The molecule has 0 fully saturated rings. The summed E-state index contributed by atoms with van der Waals surface area (Å²) >= 11 is 0. The van der Waals surface area contributed by atoms with Gasteiger partial charge >= 0.3 is 5.97 Å². The highest BCUT2D eigenvalue weighted by Gasteiger charge is 2.17. The van der Waals surface area contributed by atoms with Crippen LogP contribution in [-0.4, -0.2) is 17.5 Å². The van der Waals surface area contributed by atoms with Gasteiger partial charge in [-0.15, -0.1) is 0 Å². The summed E-state index contributed by atoms with van der Waals surface area (Å²) in [5.74, 6) is -0.527. The maximum atomic E-state index is 11.2. The van der Waals surface area contributed by atoms with Crippen LogP contribution in [0.5, 0.6) is 0 Å². The monoisotopic (exact) mass is 234 g/mol. The second-order valence-corrected chi connectivity index (χ2v) is 3.19. The third-order valence-electron chi connectivity index (χ3n) is 2.05. The molecule has 1 rings (SSSR count). The van der Waals surface area contributed by atoms with Crippen molar-refractivity contribution in [2.24, 2.45) is 0 Å². The molecule has 0 atom stereocenters. The average Bonchev–Trinajstić information content (AvgIpc) is 2.29. The van der Waals surface area contributed by atoms with E-state index in [1.54, 1.807) is 6.92 Å². The van der Waals surface area contributed by atoms with Crippen molar-refractivity contribution in [3.63, 3.8) is 0 Å². The van der Waals surface area contributed by atoms with Gasteiger partial charge in [-0.05, 0) is 13.0 Å². The Labute approximate surface area is 97.6 Å². The first-order valence-electron chi connectivity index (χ1n) is 4.91. The zero-order valence-electron chi connectivity index (χ0n) is 9.17. The molecule has 88 valence electrons. The molecule has 1 aromatic carbocycles. The van der Waals surface area contributed by atoms with Crippen LogP contribution in [0.4, 0.5) is 5.69 Å². The molecule has 0 aliphatic carbocycles. The van der Waals surface area contributed by atoms with Crippen LogP contribution < -0.4 is 0 Å². The average molecular weight is 234 g/mol. The lowest BCUT2D eigenvalue weighted by Crippen LogP contribution is -2.09. The lowest BCUT2D eigenvalue weighted by Gasteiger charge is -2.03. The van der Waals surface area contributed by atoms with Gasteiger partial charge in [0.15, 0.2) is 0 Å². The summed E-state index contributed by atoms with van der Waals surface area (Å²) in [5.41, 5.74) is 0.189. The van der Waals surface area contributed by atoms with Crippen molar-refractivity contribution in [2.75, 3.05) is 6.61 Å². The largest absolute Gasteiger partial charge is 0.466 e. The van der Waals surface area contributed by atoms with E-state index < -0.39 is 10.9 Å². The Bertz CT molecular complexity index is 491. The van der Waals surface area contributed by atoms with Crippen LogP contribution >= 0.6 is 0 Å². The Balaban J connectivity index is 3.03. The predicted molar refractivity (Wildman–Crippen MR) is 58.1 cm³/mol. The highest BCUT2D eigenvalue weighted by Crippen LogP contribution is 2.20. The van der Waals surface area contributed by atoms with Crippen molar-refractivity contribution in [3.05, 3.63) is 39.4 Å². The van der Waals surface area contributed by atoms with E-state index in [9.17, 15) is 14.9 Å². The van der Waals surface area contributed by atoms with Crippen molar-refractivity contribution in [1.82, 2.24) is 0 Å². The molecule has 0 bridgehead atoms. The number of nitro benzene ring substituents is 1. The molecule has 0 aliphatic rings. The third kappa shape index (κ3) is 3.28. The molecule has 0 aliphatic heterocycles. The van der Waals surface area contributed by atoms with Gasteiger partial charge in [-0.25, -0.2) is 0 Å². The highest BCUT2D eigenvalue weighted by atomic mass is 16.6. The van der Waals surface area contributed by atoms with Crippen molar-refractivity contribution >= 4 is 11.7 Å². The molecule has 0 saturated heterocycles. The van der Waals surface area contributed by atoms with Gasteiger partial charge in [0, 0.05) is 11.6 Å². The first-order valence-corrected chi connectivity index (χ1v) is 4.91. The van der Waals surface area contributed by atoms with Gasteiger partial charge in [0.05, 0.1) is 29.6 Å². The Hall–Kier alpha value is -2.42. The molecule has 6 nitrogen and oxygen atoms in total. The number of rotatable bonds is 4. The highest BCUT2D eigenvalue weighted by molar-refractivity contribution is 5.74. The van der Waals surface area contributed by atoms with E-state index in [2.05, 4.69) is 0 Å². The fourth-order valence-electron chi connectivity index (χ4n) is 1.32. The van der Waals surface area contributed by atoms with Gasteiger partial charge < -0.3 is 4.74 Å². The number of nitro groups is 1. The number of hydrogen-bond acceptors (Lipinski definition) is 5. The van der Waals surface area contributed by atoms with E-state index in [-0.39, 0.29) is 29.8 Å².